The zero-order valence-corrected chi connectivity index (χ0v) is 21.3. The first kappa shape index (κ1) is 23.9. The molecule has 0 aliphatic rings. The summed E-state index contributed by atoms with van der Waals surface area (Å²) in [5, 5.41) is 4.18. The van der Waals surface area contributed by atoms with E-state index in [9.17, 15) is 0 Å². The van der Waals surface area contributed by atoms with Crippen molar-refractivity contribution in [1.29, 1.82) is 0 Å². The SMILES string of the molecule is Cc1onc(-c2ccccc2)c1C(C)(C)C.Cc1snc(-c2ccccc2)c1C(C)(C)C. The van der Waals surface area contributed by atoms with E-state index >= 15 is 0 Å². The summed E-state index contributed by atoms with van der Waals surface area (Å²) >= 11 is 1.60. The van der Waals surface area contributed by atoms with Gasteiger partial charge in [-0.3, -0.25) is 0 Å². The lowest BCUT2D eigenvalue weighted by molar-refractivity contribution is 0.394. The third kappa shape index (κ3) is 5.36. The molecule has 0 fully saturated rings. The molecule has 168 valence electrons. The first-order valence-electron chi connectivity index (χ1n) is 11.0. The van der Waals surface area contributed by atoms with Crippen molar-refractivity contribution in [3.05, 3.63) is 82.4 Å². The minimum Gasteiger partial charge on any atom is -0.361 e. The van der Waals surface area contributed by atoms with Crippen molar-refractivity contribution in [1.82, 2.24) is 9.53 Å². The van der Waals surface area contributed by atoms with Crippen molar-refractivity contribution in [2.24, 2.45) is 0 Å². The molecule has 0 amide bonds. The van der Waals surface area contributed by atoms with Crippen LogP contribution in [-0.2, 0) is 10.8 Å². The first-order chi connectivity index (χ1) is 15.0. The molecule has 4 heteroatoms. The topological polar surface area (TPSA) is 38.9 Å². The van der Waals surface area contributed by atoms with E-state index in [1.54, 1.807) is 11.5 Å². The molecule has 0 saturated carbocycles. The molecule has 0 saturated heterocycles. The standard InChI is InChI=1S/C14H17NO.C14H17NS/c2*1-10-12(14(2,3)4)13(15-16-10)11-8-6-5-7-9-11/h2*5-9H,1-4H3. The summed E-state index contributed by atoms with van der Waals surface area (Å²) in [7, 11) is 0. The molecule has 2 heterocycles. The van der Waals surface area contributed by atoms with Crippen LogP contribution in [0.25, 0.3) is 22.5 Å². The Morgan fingerprint density at radius 2 is 1.12 bits per heavy atom. The van der Waals surface area contributed by atoms with Gasteiger partial charge in [0.1, 0.15) is 11.5 Å². The highest BCUT2D eigenvalue weighted by molar-refractivity contribution is 7.06. The molecule has 0 aliphatic heterocycles. The van der Waals surface area contributed by atoms with E-state index in [1.165, 1.54) is 21.6 Å². The van der Waals surface area contributed by atoms with E-state index in [0.29, 0.717) is 0 Å². The summed E-state index contributed by atoms with van der Waals surface area (Å²) in [5.74, 6) is 0.909. The van der Waals surface area contributed by atoms with Gasteiger partial charge in [0.2, 0.25) is 0 Å². The molecule has 4 aromatic rings. The van der Waals surface area contributed by atoms with Gasteiger partial charge in [0, 0.05) is 21.6 Å². The van der Waals surface area contributed by atoms with Crippen LogP contribution < -0.4 is 0 Å². The average molecular weight is 447 g/mol. The van der Waals surface area contributed by atoms with E-state index in [2.05, 4.69) is 94.4 Å². The van der Waals surface area contributed by atoms with Gasteiger partial charge in [0.25, 0.3) is 0 Å². The summed E-state index contributed by atoms with van der Waals surface area (Å²) in [6, 6.07) is 20.6. The van der Waals surface area contributed by atoms with Gasteiger partial charge in [-0.25, -0.2) is 0 Å². The second-order valence-corrected chi connectivity index (χ2v) is 11.1. The normalized spacial score (nSPS) is 11.8. The molecule has 3 nitrogen and oxygen atoms in total. The highest BCUT2D eigenvalue weighted by Gasteiger charge is 2.26. The maximum absolute atomic E-state index is 5.33. The van der Waals surface area contributed by atoms with Crippen LogP contribution in [0.1, 0.15) is 63.3 Å². The van der Waals surface area contributed by atoms with Crippen molar-refractivity contribution >= 4 is 11.5 Å². The van der Waals surface area contributed by atoms with E-state index in [-0.39, 0.29) is 10.8 Å². The zero-order chi connectivity index (χ0) is 23.5. The first-order valence-corrected chi connectivity index (χ1v) is 11.8. The molecule has 0 spiro atoms. The molecule has 0 unspecified atom stereocenters. The number of rotatable bonds is 2. The smallest absolute Gasteiger partial charge is 0.138 e. The Morgan fingerprint density at radius 1 is 0.656 bits per heavy atom. The fourth-order valence-electron chi connectivity index (χ4n) is 4.10. The van der Waals surface area contributed by atoms with E-state index in [1.807, 2.05) is 31.2 Å². The van der Waals surface area contributed by atoms with Crippen LogP contribution in [0.4, 0.5) is 0 Å². The van der Waals surface area contributed by atoms with Crippen molar-refractivity contribution in [2.75, 3.05) is 0 Å². The lowest BCUT2D eigenvalue weighted by atomic mass is 9.84. The molecule has 32 heavy (non-hydrogen) atoms. The second kappa shape index (κ2) is 9.41. The average Bonchev–Trinajstić information content (AvgIpc) is 3.32. The van der Waals surface area contributed by atoms with Crippen LogP contribution in [-0.4, -0.2) is 9.53 Å². The molecular formula is C28H34N2OS. The van der Waals surface area contributed by atoms with E-state index in [4.69, 9.17) is 4.52 Å². The molecule has 4 rings (SSSR count). The van der Waals surface area contributed by atoms with Gasteiger partial charge >= 0.3 is 0 Å². The number of aryl methyl sites for hydroxylation is 2. The fraction of sp³-hybridized carbons (Fsp3) is 0.357. The third-order valence-electron chi connectivity index (χ3n) is 5.32. The Balaban J connectivity index is 0.000000181. The predicted molar refractivity (Wildman–Crippen MR) is 136 cm³/mol. The number of hydrogen-bond acceptors (Lipinski definition) is 4. The van der Waals surface area contributed by atoms with Gasteiger partial charge in [-0.05, 0) is 41.8 Å². The molecule has 0 bridgehead atoms. The molecule has 0 aliphatic carbocycles. The molecule has 2 aromatic carbocycles. The summed E-state index contributed by atoms with van der Waals surface area (Å²) < 4.78 is 9.92. The van der Waals surface area contributed by atoms with E-state index in [0.717, 1.165) is 22.7 Å². The van der Waals surface area contributed by atoms with Gasteiger partial charge in [0.15, 0.2) is 0 Å². The maximum Gasteiger partial charge on any atom is 0.138 e. The van der Waals surface area contributed by atoms with Gasteiger partial charge in [0.05, 0.1) is 5.69 Å². The van der Waals surface area contributed by atoms with Crippen molar-refractivity contribution in [2.45, 2.75) is 66.2 Å². The summed E-state index contributed by atoms with van der Waals surface area (Å²) in [4.78, 5) is 1.33. The summed E-state index contributed by atoms with van der Waals surface area (Å²) in [6.45, 7) is 17.4. The number of aromatic nitrogens is 2. The van der Waals surface area contributed by atoms with Crippen LogP contribution in [0.3, 0.4) is 0 Å². The van der Waals surface area contributed by atoms with Gasteiger partial charge in [-0.15, -0.1) is 0 Å². The van der Waals surface area contributed by atoms with Crippen LogP contribution >= 0.6 is 11.5 Å². The van der Waals surface area contributed by atoms with Crippen LogP contribution in [0, 0.1) is 13.8 Å². The second-order valence-electron chi connectivity index (χ2n) is 10.2. The lowest BCUT2D eigenvalue weighted by Crippen LogP contribution is -2.12. The maximum atomic E-state index is 5.33. The fourth-order valence-corrected chi connectivity index (χ4v) is 5.02. The van der Waals surface area contributed by atoms with Gasteiger partial charge in [-0.2, -0.15) is 4.37 Å². The molecule has 0 N–H and O–H groups in total. The molecular weight excluding hydrogens is 412 g/mol. The summed E-state index contributed by atoms with van der Waals surface area (Å²) in [6.07, 6.45) is 0. The molecule has 0 atom stereocenters. The quantitative estimate of drug-likeness (QED) is 0.310. The van der Waals surface area contributed by atoms with Crippen molar-refractivity contribution in [3.63, 3.8) is 0 Å². The summed E-state index contributed by atoms with van der Waals surface area (Å²) in [5.41, 5.74) is 7.22. The highest BCUT2D eigenvalue weighted by atomic mass is 32.1. The zero-order valence-electron chi connectivity index (χ0n) is 20.5. The van der Waals surface area contributed by atoms with Gasteiger partial charge in [-0.1, -0.05) is 107 Å². The van der Waals surface area contributed by atoms with Crippen LogP contribution in [0.15, 0.2) is 65.2 Å². The minimum absolute atomic E-state index is 0.0509. The Kier molecular flexibility index (Phi) is 7.04. The predicted octanol–water partition coefficient (Wildman–Crippen LogP) is 8.36. The van der Waals surface area contributed by atoms with Gasteiger partial charge < -0.3 is 4.52 Å². The molecule has 2 aromatic heterocycles. The Morgan fingerprint density at radius 3 is 1.59 bits per heavy atom. The number of hydrogen-bond donors (Lipinski definition) is 0. The van der Waals surface area contributed by atoms with Crippen LogP contribution in [0.5, 0.6) is 0 Å². The van der Waals surface area contributed by atoms with Crippen LogP contribution in [0.2, 0.25) is 0 Å². The largest absolute Gasteiger partial charge is 0.361 e. The monoisotopic (exact) mass is 446 g/mol. The highest BCUT2D eigenvalue weighted by Crippen LogP contribution is 2.37. The Bertz CT molecular complexity index is 1050. The molecule has 0 radical (unpaired) electrons. The Hall–Kier alpha value is -2.72. The number of benzene rings is 2. The lowest BCUT2D eigenvalue weighted by Gasteiger charge is -2.20. The van der Waals surface area contributed by atoms with Crippen molar-refractivity contribution < 1.29 is 4.52 Å². The minimum atomic E-state index is 0.0509. The Labute approximate surface area is 196 Å². The number of nitrogens with zero attached hydrogens (tertiary/aromatic N) is 2. The van der Waals surface area contributed by atoms with E-state index < -0.39 is 0 Å². The van der Waals surface area contributed by atoms with Crippen molar-refractivity contribution in [3.8, 4) is 22.5 Å². The third-order valence-corrected chi connectivity index (χ3v) is 6.07.